The molecule has 3 heterocycles. The van der Waals surface area contributed by atoms with Crippen LogP contribution in [-0.2, 0) is 11.3 Å². The number of carbonyl (C=O) groups is 1. The first-order valence-corrected chi connectivity index (χ1v) is 10.3. The Morgan fingerprint density at radius 2 is 1.93 bits per heavy atom. The predicted octanol–water partition coefficient (Wildman–Crippen LogP) is 3.28. The molecule has 0 aliphatic carbocycles. The molecule has 0 spiro atoms. The van der Waals surface area contributed by atoms with Gasteiger partial charge in [0.2, 0.25) is 5.91 Å². The van der Waals surface area contributed by atoms with Gasteiger partial charge in [0, 0.05) is 55.6 Å². The molecule has 4 rings (SSSR count). The van der Waals surface area contributed by atoms with Crippen LogP contribution in [0.2, 0.25) is 0 Å². The van der Waals surface area contributed by atoms with E-state index in [0.29, 0.717) is 24.9 Å². The summed E-state index contributed by atoms with van der Waals surface area (Å²) in [6.45, 7) is 6.33. The van der Waals surface area contributed by atoms with Crippen LogP contribution in [0.3, 0.4) is 0 Å². The van der Waals surface area contributed by atoms with Gasteiger partial charge in [-0.1, -0.05) is 6.07 Å². The SMILES string of the molecule is CC1(C)C[C@@H]2CN(C(=O)CCn3ccccc3=O)CC[C@@H]2N1c1ccc(F)cc1. The van der Waals surface area contributed by atoms with Crippen molar-refractivity contribution in [3.05, 3.63) is 64.8 Å². The number of hydrogen-bond donors (Lipinski definition) is 0. The standard InChI is InChI=1S/C23H28FN3O2/c1-23(2)15-17-16-26(22(29)11-14-25-12-4-3-5-21(25)28)13-10-20(17)27(23)19-8-6-18(24)7-9-19/h3-9,12,17,20H,10-11,13-16H2,1-2H3/t17-,20+/m1/s1. The number of pyridine rings is 1. The highest BCUT2D eigenvalue weighted by Crippen LogP contribution is 2.44. The zero-order chi connectivity index (χ0) is 20.6. The number of piperidine rings is 1. The first kappa shape index (κ1) is 19.7. The molecule has 2 aliphatic heterocycles. The summed E-state index contributed by atoms with van der Waals surface area (Å²) in [7, 11) is 0. The number of fused-ring (bicyclic) bond motifs is 1. The van der Waals surface area contributed by atoms with E-state index < -0.39 is 0 Å². The van der Waals surface area contributed by atoms with E-state index >= 15 is 0 Å². The van der Waals surface area contributed by atoms with Gasteiger partial charge in [0.05, 0.1) is 0 Å². The van der Waals surface area contributed by atoms with Crippen LogP contribution in [0.1, 0.15) is 33.1 Å². The molecule has 2 saturated heterocycles. The molecule has 1 amide bonds. The number of nitrogens with zero attached hydrogens (tertiary/aromatic N) is 3. The highest BCUT2D eigenvalue weighted by atomic mass is 19.1. The van der Waals surface area contributed by atoms with Gasteiger partial charge in [0.1, 0.15) is 5.82 Å². The minimum atomic E-state index is -0.222. The lowest BCUT2D eigenvalue weighted by Gasteiger charge is -2.42. The molecule has 0 radical (unpaired) electrons. The van der Waals surface area contributed by atoms with Crippen molar-refractivity contribution in [3.8, 4) is 0 Å². The minimum Gasteiger partial charge on any atom is -0.363 e. The van der Waals surface area contributed by atoms with Crippen molar-refractivity contribution in [2.75, 3.05) is 18.0 Å². The van der Waals surface area contributed by atoms with E-state index in [0.717, 1.165) is 31.6 Å². The maximum absolute atomic E-state index is 13.4. The molecule has 0 unspecified atom stereocenters. The topological polar surface area (TPSA) is 45.6 Å². The molecular weight excluding hydrogens is 369 g/mol. The summed E-state index contributed by atoms with van der Waals surface area (Å²) in [5.74, 6) is 0.282. The first-order chi connectivity index (χ1) is 13.8. The van der Waals surface area contributed by atoms with Crippen LogP contribution in [0.5, 0.6) is 0 Å². The summed E-state index contributed by atoms with van der Waals surface area (Å²) in [5.41, 5.74) is 0.933. The third-order valence-electron chi connectivity index (χ3n) is 6.36. The third kappa shape index (κ3) is 3.93. The summed E-state index contributed by atoms with van der Waals surface area (Å²) in [6.07, 6.45) is 3.97. The molecule has 1 aromatic carbocycles. The highest BCUT2D eigenvalue weighted by molar-refractivity contribution is 5.76. The highest BCUT2D eigenvalue weighted by Gasteiger charge is 2.48. The van der Waals surface area contributed by atoms with Crippen LogP contribution in [0.4, 0.5) is 10.1 Å². The van der Waals surface area contributed by atoms with Gasteiger partial charge in [-0.2, -0.15) is 0 Å². The van der Waals surface area contributed by atoms with E-state index in [1.165, 1.54) is 18.2 Å². The van der Waals surface area contributed by atoms with Crippen LogP contribution < -0.4 is 10.5 Å². The monoisotopic (exact) mass is 397 g/mol. The second-order valence-corrected chi connectivity index (χ2v) is 8.80. The number of hydrogen-bond acceptors (Lipinski definition) is 3. The zero-order valence-electron chi connectivity index (χ0n) is 17.1. The number of benzene rings is 1. The van der Waals surface area contributed by atoms with Crippen molar-refractivity contribution in [2.45, 2.75) is 51.2 Å². The second kappa shape index (κ2) is 7.65. The van der Waals surface area contributed by atoms with E-state index in [9.17, 15) is 14.0 Å². The third-order valence-corrected chi connectivity index (χ3v) is 6.36. The van der Waals surface area contributed by atoms with E-state index in [1.807, 2.05) is 23.1 Å². The number of carbonyl (C=O) groups excluding carboxylic acids is 1. The van der Waals surface area contributed by atoms with Crippen LogP contribution in [-0.4, -0.2) is 40.0 Å². The Balaban J connectivity index is 1.42. The Bertz CT molecular complexity index is 938. The summed E-state index contributed by atoms with van der Waals surface area (Å²) < 4.78 is 15.0. The van der Waals surface area contributed by atoms with Crippen molar-refractivity contribution in [2.24, 2.45) is 5.92 Å². The van der Waals surface area contributed by atoms with Crippen LogP contribution in [0, 0.1) is 11.7 Å². The number of aromatic nitrogens is 1. The number of likely N-dealkylation sites (tertiary alicyclic amines) is 1. The molecular formula is C23H28FN3O2. The average molecular weight is 397 g/mol. The quantitative estimate of drug-likeness (QED) is 0.795. The van der Waals surface area contributed by atoms with Gasteiger partial charge in [-0.05, 0) is 62.9 Å². The average Bonchev–Trinajstić information content (AvgIpc) is 2.96. The van der Waals surface area contributed by atoms with Crippen molar-refractivity contribution in [1.82, 2.24) is 9.47 Å². The fourth-order valence-corrected chi connectivity index (χ4v) is 5.14. The molecule has 0 N–H and O–H groups in total. The number of halogens is 1. The number of anilines is 1. The molecule has 29 heavy (non-hydrogen) atoms. The van der Waals surface area contributed by atoms with Crippen LogP contribution >= 0.6 is 0 Å². The molecule has 0 saturated carbocycles. The normalized spacial score (nSPS) is 23.1. The summed E-state index contributed by atoms with van der Waals surface area (Å²) in [6, 6.07) is 12.1. The van der Waals surface area contributed by atoms with Gasteiger partial charge >= 0.3 is 0 Å². The first-order valence-electron chi connectivity index (χ1n) is 10.3. The predicted molar refractivity (Wildman–Crippen MR) is 111 cm³/mol. The van der Waals surface area contributed by atoms with Gasteiger partial charge in [-0.3, -0.25) is 9.59 Å². The molecule has 2 fully saturated rings. The Morgan fingerprint density at radius 1 is 1.17 bits per heavy atom. The summed E-state index contributed by atoms with van der Waals surface area (Å²) in [4.78, 5) is 29.0. The van der Waals surface area contributed by atoms with E-state index in [2.05, 4.69) is 18.7 Å². The van der Waals surface area contributed by atoms with Gasteiger partial charge < -0.3 is 14.4 Å². The van der Waals surface area contributed by atoms with Crippen molar-refractivity contribution >= 4 is 11.6 Å². The molecule has 0 bridgehead atoms. The second-order valence-electron chi connectivity index (χ2n) is 8.80. The van der Waals surface area contributed by atoms with Crippen molar-refractivity contribution < 1.29 is 9.18 Å². The fraction of sp³-hybridized carbons (Fsp3) is 0.478. The van der Waals surface area contributed by atoms with Gasteiger partial charge in [0.25, 0.3) is 5.56 Å². The molecule has 154 valence electrons. The molecule has 5 nitrogen and oxygen atoms in total. The molecule has 2 aromatic rings. The molecule has 6 heteroatoms. The lowest BCUT2D eigenvalue weighted by molar-refractivity contribution is -0.133. The van der Waals surface area contributed by atoms with Gasteiger partial charge in [-0.15, -0.1) is 0 Å². The van der Waals surface area contributed by atoms with Crippen molar-refractivity contribution in [1.29, 1.82) is 0 Å². The number of rotatable bonds is 4. The summed E-state index contributed by atoms with van der Waals surface area (Å²) >= 11 is 0. The van der Waals surface area contributed by atoms with E-state index in [4.69, 9.17) is 0 Å². The van der Waals surface area contributed by atoms with Crippen molar-refractivity contribution in [3.63, 3.8) is 0 Å². The maximum Gasteiger partial charge on any atom is 0.250 e. The fourth-order valence-electron chi connectivity index (χ4n) is 5.14. The zero-order valence-corrected chi connectivity index (χ0v) is 17.1. The lowest BCUT2D eigenvalue weighted by atomic mass is 9.89. The largest absolute Gasteiger partial charge is 0.363 e. The number of amides is 1. The Labute approximate surface area is 170 Å². The Hall–Kier alpha value is -2.63. The van der Waals surface area contributed by atoms with E-state index in [-0.39, 0.29) is 22.8 Å². The Kier molecular flexibility index (Phi) is 5.19. The number of aryl methyl sites for hydroxylation is 1. The van der Waals surface area contributed by atoms with Gasteiger partial charge in [-0.25, -0.2) is 4.39 Å². The molecule has 1 aromatic heterocycles. The van der Waals surface area contributed by atoms with E-state index in [1.54, 1.807) is 16.8 Å². The maximum atomic E-state index is 13.4. The Morgan fingerprint density at radius 3 is 2.66 bits per heavy atom. The summed E-state index contributed by atoms with van der Waals surface area (Å²) in [5, 5.41) is 0. The van der Waals surface area contributed by atoms with Gasteiger partial charge in [0.15, 0.2) is 0 Å². The van der Waals surface area contributed by atoms with Crippen LogP contribution in [0.25, 0.3) is 0 Å². The minimum absolute atomic E-state index is 0.0381. The lowest BCUT2D eigenvalue weighted by Crippen LogP contribution is -2.50. The molecule has 2 atom stereocenters. The molecule has 2 aliphatic rings. The van der Waals surface area contributed by atoms with Crippen LogP contribution in [0.15, 0.2) is 53.5 Å². The smallest absolute Gasteiger partial charge is 0.250 e.